The molecular weight excluding hydrogens is 350 g/mol. The van der Waals surface area contributed by atoms with E-state index in [0.29, 0.717) is 24.0 Å². The molecule has 2 fully saturated rings. The monoisotopic (exact) mass is 373 g/mol. The van der Waals surface area contributed by atoms with Crippen molar-refractivity contribution in [3.8, 4) is 0 Å². The molecule has 7 heteroatoms. The molecule has 0 amide bonds. The van der Waals surface area contributed by atoms with Gasteiger partial charge in [0, 0.05) is 44.2 Å². The van der Waals surface area contributed by atoms with E-state index in [1.54, 1.807) is 24.3 Å². The van der Waals surface area contributed by atoms with Gasteiger partial charge in [-0.3, -0.25) is 9.88 Å². The lowest BCUT2D eigenvalue weighted by Gasteiger charge is -2.19. The molecule has 0 bridgehead atoms. The lowest BCUT2D eigenvalue weighted by molar-refractivity contribution is 0.0940. The van der Waals surface area contributed by atoms with Gasteiger partial charge in [-0.25, -0.2) is 13.1 Å². The van der Waals surface area contributed by atoms with E-state index in [-0.39, 0.29) is 12.0 Å². The Kier molecular flexibility index (Phi) is 5.04. The third-order valence-electron chi connectivity index (χ3n) is 5.22. The molecule has 138 valence electrons. The van der Waals surface area contributed by atoms with Gasteiger partial charge in [0.2, 0.25) is 10.0 Å². The minimum atomic E-state index is -3.47. The van der Waals surface area contributed by atoms with Crippen LogP contribution < -0.4 is 4.72 Å². The van der Waals surface area contributed by atoms with Crippen molar-refractivity contribution in [3.05, 3.63) is 60.4 Å². The van der Waals surface area contributed by atoms with Crippen LogP contribution in [0, 0.1) is 11.8 Å². The second kappa shape index (κ2) is 7.44. The van der Waals surface area contributed by atoms with E-state index >= 15 is 0 Å². The number of fused-ring (bicyclic) bond motifs is 1. The molecule has 2 aliphatic rings. The van der Waals surface area contributed by atoms with Crippen LogP contribution in [0.5, 0.6) is 0 Å². The van der Waals surface area contributed by atoms with Crippen molar-refractivity contribution in [2.24, 2.45) is 11.8 Å². The van der Waals surface area contributed by atoms with Gasteiger partial charge in [0.25, 0.3) is 0 Å². The van der Waals surface area contributed by atoms with E-state index < -0.39 is 10.0 Å². The highest BCUT2D eigenvalue weighted by Crippen LogP contribution is 2.34. The first kappa shape index (κ1) is 17.6. The quantitative estimate of drug-likeness (QED) is 0.831. The van der Waals surface area contributed by atoms with Crippen LogP contribution >= 0.6 is 0 Å². The fourth-order valence-electron chi connectivity index (χ4n) is 3.84. The number of likely N-dealkylation sites (tertiary alicyclic amines) is 1. The normalized spacial score (nSPS) is 26.1. The molecule has 0 radical (unpaired) electrons. The van der Waals surface area contributed by atoms with Crippen molar-refractivity contribution in [1.82, 2.24) is 14.6 Å². The number of hydrogen-bond donors (Lipinski definition) is 1. The Morgan fingerprint density at radius 3 is 2.69 bits per heavy atom. The van der Waals surface area contributed by atoms with Crippen LogP contribution in [0.3, 0.4) is 0 Å². The lowest BCUT2D eigenvalue weighted by Crippen LogP contribution is -2.34. The van der Waals surface area contributed by atoms with Gasteiger partial charge in [0.1, 0.15) is 0 Å². The Balaban J connectivity index is 1.35. The number of benzene rings is 1. The fourth-order valence-corrected chi connectivity index (χ4v) is 4.96. The van der Waals surface area contributed by atoms with Gasteiger partial charge in [-0.15, -0.1) is 0 Å². The zero-order valence-electron chi connectivity index (χ0n) is 14.5. The zero-order chi connectivity index (χ0) is 18.0. The van der Waals surface area contributed by atoms with Crippen LogP contribution in [-0.2, 0) is 21.3 Å². The molecule has 0 saturated carbocycles. The first-order valence-electron chi connectivity index (χ1n) is 8.90. The molecule has 6 nitrogen and oxygen atoms in total. The van der Waals surface area contributed by atoms with Crippen molar-refractivity contribution in [1.29, 1.82) is 0 Å². The van der Waals surface area contributed by atoms with Gasteiger partial charge in [-0.2, -0.15) is 0 Å². The van der Waals surface area contributed by atoms with E-state index in [1.807, 2.05) is 30.5 Å². The third-order valence-corrected chi connectivity index (χ3v) is 6.65. The van der Waals surface area contributed by atoms with Crippen LogP contribution in [-0.4, -0.2) is 50.6 Å². The maximum atomic E-state index is 12.4. The predicted molar refractivity (Wildman–Crippen MR) is 97.9 cm³/mol. The van der Waals surface area contributed by atoms with Crippen LogP contribution in [0.2, 0.25) is 0 Å². The lowest BCUT2D eigenvalue weighted by atomic mass is 9.93. The summed E-state index contributed by atoms with van der Waals surface area (Å²) in [5.74, 6) is 0.560. The molecule has 1 N–H and O–H groups in total. The molecule has 0 unspecified atom stereocenters. The standard InChI is InChI=1S/C19H23N3O3S/c23-26(24,17-7-2-1-3-8-17)21-10-15-14-25-19-13-22(12-18(15)19)11-16-6-4-5-9-20-16/h1-9,15,18-19,21H,10-14H2/t15-,18+,19+/m0/s1. The fraction of sp³-hybridized carbons (Fsp3) is 0.421. The van der Waals surface area contributed by atoms with E-state index in [1.165, 1.54) is 0 Å². The average molecular weight is 373 g/mol. The SMILES string of the molecule is O=S(=O)(NC[C@H]1CO[C@@H]2CN(Cc3ccccn3)C[C@H]12)c1ccccc1. The third kappa shape index (κ3) is 3.81. The summed E-state index contributed by atoms with van der Waals surface area (Å²) >= 11 is 0. The van der Waals surface area contributed by atoms with E-state index in [9.17, 15) is 8.42 Å². The number of pyridine rings is 1. The molecule has 1 aromatic carbocycles. The van der Waals surface area contributed by atoms with Gasteiger partial charge < -0.3 is 4.74 Å². The Hall–Kier alpha value is -1.80. The molecule has 0 spiro atoms. The van der Waals surface area contributed by atoms with E-state index in [4.69, 9.17) is 4.74 Å². The minimum absolute atomic E-state index is 0.185. The summed E-state index contributed by atoms with van der Waals surface area (Å²) in [4.78, 5) is 7.03. The van der Waals surface area contributed by atoms with Crippen LogP contribution in [0.1, 0.15) is 5.69 Å². The number of rotatable bonds is 6. The molecular formula is C19H23N3O3S. The Labute approximate surface area is 154 Å². The number of hydrogen-bond acceptors (Lipinski definition) is 5. The largest absolute Gasteiger partial charge is 0.376 e. The molecule has 26 heavy (non-hydrogen) atoms. The van der Waals surface area contributed by atoms with E-state index in [0.717, 1.165) is 25.3 Å². The van der Waals surface area contributed by atoms with Gasteiger partial charge in [-0.1, -0.05) is 24.3 Å². The molecule has 4 rings (SSSR count). The van der Waals surface area contributed by atoms with Gasteiger partial charge in [0.15, 0.2) is 0 Å². The maximum Gasteiger partial charge on any atom is 0.240 e. The minimum Gasteiger partial charge on any atom is -0.376 e. The summed E-state index contributed by atoms with van der Waals surface area (Å²) in [6.07, 6.45) is 1.99. The van der Waals surface area contributed by atoms with Crippen LogP contribution in [0.4, 0.5) is 0 Å². The number of sulfonamides is 1. The van der Waals surface area contributed by atoms with Crippen molar-refractivity contribution in [2.45, 2.75) is 17.5 Å². The smallest absolute Gasteiger partial charge is 0.240 e. The Morgan fingerprint density at radius 1 is 1.12 bits per heavy atom. The molecule has 2 aliphatic heterocycles. The van der Waals surface area contributed by atoms with Crippen LogP contribution in [0.15, 0.2) is 59.6 Å². The van der Waals surface area contributed by atoms with Gasteiger partial charge >= 0.3 is 0 Å². The summed E-state index contributed by atoms with van der Waals surface area (Å²) in [5.41, 5.74) is 1.05. The van der Waals surface area contributed by atoms with Crippen molar-refractivity contribution in [2.75, 3.05) is 26.2 Å². The summed E-state index contributed by atoms with van der Waals surface area (Å²) in [6, 6.07) is 14.4. The summed E-state index contributed by atoms with van der Waals surface area (Å²) in [6.45, 7) is 3.63. The Bertz CT molecular complexity index is 830. The second-order valence-electron chi connectivity index (χ2n) is 6.98. The van der Waals surface area contributed by atoms with Gasteiger partial charge in [-0.05, 0) is 24.3 Å². The number of ether oxygens (including phenoxy) is 1. The Morgan fingerprint density at radius 2 is 1.92 bits per heavy atom. The highest BCUT2D eigenvalue weighted by molar-refractivity contribution is 7.89. The first-order chi connectivity index (χ1) is 12.6. The van der Waals surface area contributed by atoms with Crippen molar-refractivity contribution < 1.29 is 13.2 Å². The second-order valence-corrected chi connectivity index (χ2v) is 8.74. The molecule has 3 heterocycles. The highest BCUT2D eigenvalue weighted by atomic mass is 32.2. The van der Waals surface area contributed by atoms with Crippen molar-refractivity contribution in [3.63, 3.8) is 0 Å². The molecule has 3 atom stereocenters. The molecule has 1 aromatic heterocycles. The van der Waals surface area contributed by atoms with Crippen molar-refractivity contribution >= 4 is 10.0 Å². The summed E-state index contributed by atoms with van der Waals surface area (Å²) in [5, 5.41) is 0. The summed E-state index contributed by atoms with van der Waals surface area (Å²) in [7, 11) is -3.47. The topological polar surface area (TPSA) is 71.5 Å². The zero-order valence-corrected chi connectivity index (χ0v) is 15.3. The maximum absolute atomic E-state index is 12.4. The highest BCUT2D eigenvalue weighted by Gasteiger charge is 2.43. The van der Waals surface area contributed by atoms with Gasteiger partial charge in [0.05, 0.1) is 23.3 Å². The average Bonchev–Trinajstić information content (AvgIpc) is 3.22. The first-order valence-corrected chi connectivity index (χ1v) is 10.4. The molecule has 0 aliphatic carbocycles. The predicted octanol–water partition coefficient (Wildman–Crippen LogP) is 1.51. The number of aromatic nitrogens is 1. The summed E-state index contributed by atoms with van der Waals surface area (Å²) < 4.78 is 33.5. The van der Waals surface area contributed by atoms with E-state index in [2.05, 4.69) is 14.6 Å². The van der Waals surface area contributed by atoms with Crippen LogP contribution in [0.25, 0.3) is 0 Å². The number of nitrogens with one attached hydrogen (secondary N) is 1. The molecule has 2 saturated heterocycles. The molecule has 2 aromatic rings. The number of nitrogens with zero attached hydrogens (tertiary/aromatic N) is 2.